The highest BCUT2D eigenvalue weighted by atomic mass is 16.5. The fourth-order valence-electron chi connectivity index (χ4n) is 1.62. The van der Waals surface area contributed by atoms with Gasteiger partial charge in [-0.2, -0.15) is 5.26 Å². The largest absolute Gasteiger partial charge is 0.457 e. The van der Waals surface area contributed by atoms with E-state index in [9.17, 15) is 0 Å². The fraction of sp³-hybridized carbons (Fsp3) is 0.200. The molecular weight excluding hydrogens is 240 g/mol. The van der Waals surface area contributed by atoms with Crippen LogP contribution in [0, 0.1) is 11.3 Å². The van der Waals surface area contributed by atoms with Crippen LogP contribution in [0.1, 0.15) is 11.3 Å². The first kappa shape index (κ1) is 13.1. The molecule has 0 atom stereocenters. The molecule has 2 aromatic rings. The topological polar surface area (TPSA) is 55.1 Å². The number of pyridine rings is 1. The zero-order valence-electron chi connectivity index (χ0n) is 10.7. The summed E-state index contributed by atoms with van der Waals surface area (Å²) in [5.41, 5.74) is 1.54. The van der Waals surface area contributed by atoms with Crippen molar-refractivity contribution in [3.8, 4) is 17.6 Å². The maximum atomic E-state index is 8.77. The van der Waals surface area contributed by atoms with Gasteiger partial charge in [0, 0.05) is 19.4 Å². The van der Waals surface area contributed by atoms with Gasteiger partial charge < -0.3 is 9.47 Å². The zero-order valence-corrected chi connectivity index (χ0v) is 10.7. The Hall–Kier alpha value is -2.38. The second-order valence-electron chi connectivity index (χ2n) is 3.98. The molecule has 0 spiro atoms. The number of aromatic nitrogens is 1. The molecule has 2 rings (SSSR count). The van der Waals surface area contributed by atoms with Gasteiger partial charge in [0.1, 0.15) is 23.3 Å². The maximum Gasteiger partial charge on any atom is 0.144 e. The number of nitrogens with zero attached hydrogens (tertiary/aromatic N) is 2. The summed E-state index contributed by atoms with van der Waals surface area (Å²) in [7, 11) is 1.69. The highest BCUT2D eigenvalue weighted by Crippen LogP contribution is 2.21. The second kappa shape index (κ2) is 6.53. The standard InChI is InChI=1S/C15H14N2O2/c1-18-9-7-12-2-4-14(5-3-12)19-15-6-8-17-13(10-15)11-16/h2-6,8,10H,7,9H2,1H3. The van der Waals surface area contributed by atoms with E-state index in [0.29, 0.717) is 18.1 Å². The highest BCUT2D eigenvalue weighted by molar-refractivity contribution is 5.35. The third-order valence-electron chi connectivity index (χ3n) is 2.60. The van der Waals surface area contributed by atoms with E-state index in [4.69, 9.17) is 14.7 Å². The van der Waals surface area contributed by atoms with Gasteiger partial charge in [0.2, 0.25) is 0 Å². The third-order valence-corrected chi connectivity index (χ3v) is 2.60. The van der Waals surface area contributed by atoms with Gasteiger partial charge in [0.15, 0.2) is 0 Å². The Morgan fingerprint density at radius 3 is 2.63 bits per heavy atom. The molecule has 0 bridgehead atoms. The van der Waals surface area contributed by atoms with E-state index >= 15 is 0 Å². The number of hydrogen-bond donors (Lipinski definition) is 0. The molecular formula is C15H14N2O2. The van der Waals surface area contributed by atoms with Gasteiger partial charge in [-0.05, 0) is 30.2 Å². The summed E-state index contributed by atoms with van der Waals surface area (Å²) in [6, 6.07) is 13.1. The van der Waals surface area contributed by atoms with Crippen molar-refractivity contribution in [3.05, 3.63) is 53.9 Å². The molecule has 1 heterocycles. The predicted octanol–water partition coefficient (Wildman–Crippen LogP) is 2.93. The van der Waals surface area contributed by atoms with E-state index in [-0.39, 0.29) is 0 Å². The number of rotatable bonds is 5. The van der Waals surface area contributed by atoms with E-state index in [1.54, 1.807) is 25.4 Å². The van der Waals surface area contributed by atoms with Crippen LogP contribution in [0.5, 0.6) is 11.5 Å². The number of ether oxygens (including phenoxy) is 2. The molecule has 19 heavy (non-hydrogen) atoms. The Morgan fingerprint density at radius 1 is 1.16 bits per heavy atom. The van der Waals surface area contributed by atoms with Gasteiger partial charge in [-0.15, -0.1) is 0 Å². The third kappa shape index (κ3) is 3.80. The highest BCUT2D eigenvalue weighted by Gasteiger charge is 2.00. The molecule has 0 fully saturated rings. The molecule has 0 radical (unpaired) electrons. The lowest BCUT2D eigenvalue weighted by molar-refractivity contribution is 0.202. The predicted molar refractivity (Wildman–Crippen MR) is 71.0 cm³/mol. The molecule has 0 aliphatic heterocycles. The van der Waals surface area contributed by atoms with Gasteiger partial charge in [0.05, 0.1) is 6.61 Å². The molecule has 0 unspecified atom stereocenters. The van der Waals surface area contributed by atoms with Crippen molar-refractivity contribution in [3.63, 3.8) is 0 Å². The Labute approximate surface area is 112 Å². The van der Waals surface area contributed by atoms with E-state index in [0.717, 1.165) is 12.2 Å². The molecule has 0 saturated carbocycles. The van der Waals surface area contributed by atoms with Crippen LogP contribution in [0.25, 0.3) is 0 Å². The molecule has 0 aliphatic rings. The first-order valence-electron chi connectivity index (χ1n) is 5.93. The summed E-state index contributed by atoms with van der Waals surface area (Å²) >= 11 is 0. The summed E-state index contributed by atoms with van der Waals surface area (Å²) in [5.74, 6) is 1.34. The van der Waals surface area contributed by atoms with Crippen molar-refractivity contribution >= 4 is 0 Å². The van der Waals surface area contributed by atoms with Crippen LogP contribution < -0.4 is 4.74 Å². The minimum atomic E-state index is 0.342. The Balaban J connectivity index is 2.04. The van der Waals surface area contributed by atoms with Crippen molar-refractivity contribution in [2.45, 2.75) is 6.42 Å². The number of nitriles is 1. The number of hydrogen-bond acceptors (Lipinski definition) is 4. The van der Waals surface area contributed by atoms with Gasteiger partial charge >= 0.3 is 0 Å². The van der Waals surface area contributed by atoms with Crippen LogP contribution in [0.15, 0.2) is 42.6 Å². The molecule has 4 heteroatoms. The molecule has 0 N–H and O–H groups in total. The minimum Gasteiger partial charge on any atom is -0.457 e. The van der Waals surface area contributed by atoms with Crippen molar-refractivity contribution in [2.75, 3.05) is 13.7 Å². The first-order chi connectivity index (χ1) is 9.31. The van der Waals surface area contributed by atoms with E-state index in [2.05, 4.69) is 4.98 Å². The Bertz CT molecular complexity index is 573. The molecule has 0 amide bonds. The smallest absolute Gasteiger partial charge is 0.144 e. The number of benzene rings is 1. The SMILES string of the molecule is COCCc1ccc(Oc2ccnc(C#N)c2)cc1. The minimum absolute atomic E-state index is 0.342. The Morgan fingerprint density at radius 2 is 1.95 bits per heavy atom. The summed E-state index contributed by atoms with van der Waals surface area (Å²) < 4.78 is 10.7. The monoisotopic (exact) mass is 254 g/mol. The molecule has 96 valence electrons. The molecule has 1 aromatic heterocycles. The maximum absolute atomic E-state index is 8.77. The van der Waals surface area contributed by atoms with Crippen molar-refractivity contribution in [2.24, 2.45) is 0 Å². The van der Waals surface area contributed by atoms with Crippen LogP contribution in [-0.2, 0) is 11.2 Å². The summed E-state index contributed by atoms with van der Waals surface area (Å²) in [6.45, 7) is 0.704. The van der Waals surface area contributed by atoms with Crippen molar-refractivity contribution in [1.29, 1.82) is 5.26 Å². The fourth-order valence-corrected chi connectivity index (χ4v) is 1.62. The van der Waals surface area contributed by atoms with Crippen molar-refractivity contribution < 1.29 is 9.47 Å². The molecule has 4 nitrogen and oxygen atoms in total. The quantitative estimate of drug-likeness (QED) is 0.823. The van der Waals surface area contributed by atoms with E-state index in [1.807, 2.05) is 30.3 Å². The average Bonchev–Trinajstić information content (AvgIpc) is 2.47. The van der Waals surface area contributed by atoms with Crippen LogP contribution >= 0.6 is 0 Å². The molecule has 0 aliphatic carbocycles. The summed E-state index contributed by atoms with van der Waals surface area (Å²) in [5, 5.41) is 8.77. The van der Waals surface area contributed by atoms with Crippen LogP contribution in [0.2, 0.25) is 0 Å². The van der Waals surface area contributed by atoms with Crippen LogP contribution in [0.3, 0.4) is 0 Å². The van der Waals surface area contributed by atoms with Gasteiger partial charge in [-0.3, -0.25) is 0 Å². The Kier molecular flexibility index (Phi) is 4.49. The lowest BCUT2D eigenvalue weighted by Crippen LogP contribution is -1.94. The van der Waals surface area contributed by atoms with Gasteiger partial charge in [0.25, 0.3) is 0 Å². The average molecular weight is 254 g/mol. The molecule has 0 saturated heterocycles. The van der Waals surface area contributed by atoms with Crippen LogP contribution in [-0.4, -0.2) is 18.7 Å². The zero-order chi connectivity index (χ0) is 13.5. The van der Waals surface area contributed by atoms with E-state index < -0.39 is 0 Å². The summed E-state index contributed by atoms with van der Waals surface area (Å²) in [4.78, 5) is 3.89. The molecule has 1 aromatic carbocycles. The van der Waals surface area contributed by atoms with E-state index in [1.165, 1.54) is 5.56 Å². The lowest BCUT2D eigenvalue weighted by atomic mass is 10.1. The van der Waals surface area contributed by atoms with Gasteiger partial charge in [-0.25, -0.2) is 4.98 Å². The second-order valence-corrected chi connectivity index (χ2v) is 3.98. The lowest BCUT2D eigenvalue weighted by Gasteiger charge is -2.06. The van der Waals surface area contributed by atoms with Crippen molar-refractivity contribution in [1.82, 2.24) is 4.98 Å². The van der Waals surface area contributed by atoms with Crippen LogP contribution in [0.4, 0.5) is 0 Å². The normalized spacial score (nSPS) is 9.89. The summed E-state index contributed by atoms with van der Waals surface area (Å²) in [6.07, 6.45) is 2.44. The number of methoxy groups -OCH3 is 1. The first-order valence-corrected chi connectivity index (χ1v) is 5.93. The van der Waals surface area contributed by atoms with Gasteiger partial charge in [-0.1, -0.05) is 12.1 Å².